The maximum Gasteiger partial charge on any atom is 0.113 e. The molecule has 2 aliphatic carbocycles. The van der Waals surface area contributed by atoms with E-state index >= 15 is 0 Å². The highest BCUT2D eigenvalue weighted by molar-refractivity contribution is 7.11. The smallest absolute Gasteiger partial charge is 0.113 e. The van der Waals surface area contributed by atoms with E-state index in [1.807, 2.05) is 11.3 Å². The Morgan fingerprint density at radius 2 is 2.14 bits per heavy atom. The second-order valence-electron chi connectivity index (χ2n) is 6.08. The number of nitrogens with zero attached hydrogens (tertiary/aromatic N) is 1. The van der Waals surface area contributed by atoms with Crippen molar-refractivity contribution in [2.75, 3.05) is 26.9 Å². The van der Waals surface area contributed by atoms with Crippen LogP contribution in [0.15, 0.2) is 0 Å². The van der Waals surface area contributed by atoms with E-state index in [1.165, 1.54) is 34.8 Å². The fourth-order valence-corrected chi connectivity index (χ4v) is 4.75. The van der Waals surface area contributed by atoms with E-state index in [1.54, 1.807) is 7.11 Å². The van der Waals surface area contributed by atoms with E-state index in [-0.39, 0.29) is 5.54 Å². The van der Waals surface area contributed by atoms with Crippen LogP contribution in [0.2, 0.25) is 0 Å². The van der Waals surface area contributed by atoms with Gasteiger partial charge in [-0.05, 0) is 45.4 Å². The number of ether oxygens (including phenoxy) is 2. The van der Waals surface area contributed by atoms with Crippen molar-refractivity contribution in [3.8, 4) is 0 Å². The Hall–Kier alpha value is -0.490. The lowest BCUT2D eigenvalue weighted by Gasteiger charge is -2.46. The summed E-state index contributed by atoms with van der Waals surface area (Å²) in [5, 5.41) is 4.97. The Morgan fingerprint density at radius 3 is 2.86 bits per heavy atom. The van der Waals surface area contributed by atoms with Crippen molar-refractivity contribution < 1.29 is 9.47 Å². The van der Waals surface area contributed by atoms with E-state index in [0.29, 0.717) is 6.10 Å². The molecule has 0 bridgehead atoms. The van der Waals surface area contributed by atoms with Gasteiger partial charge in [0.1, 0.15) is 5.01 Å². The normalized spacial score (nSPS) is 28.2. The summed E-state index contributed by atoms with van der Waals surface area (Å²) < 4.78 is 11.0. The Bertz CT molecular complexity index is 440. The van der Waals surface area contributed by atoms with Crippen molar-refractivity contribution in [2.24, 2.45) is 0 Å². The molecule has 1 saturated carbocycles. The Morgan fingerprint density at radius 1 is 1.33 bits per heavy atom. The molecule has 0 spiro atoms. The van der Waals surface area contributed by atoms with Crippen LogP contribution in [-0.4, -0.2) is 38.0 Å². The summed E-state index contributed by atoms with van der Waals surface area (Å²) in [7, 11) is 1.75. The summed E-state index contributed by atoms with van der Waals surface area (Å²) in [6.07, 6.45) is 7.45. The highest BCUT2D eigenvalue weighted by Gasteiger charge is 2.48. The second-order valence-corrected chi connectivity index (χ2v) is 7.17. The molecule has 0 amide bonds. The largest absolute Gasteiger partial charge is 0.383 e. The molecule has 0 radical (unpaired) electrons. The monoisotopic (exact) mass is 310 g/mol. The molecule has 0 saturated heterocycles. The summed E-state index contributed by atoms with van der Waals surface area (Å²) >= 11 is 1.93. The summed E-state index contributed by atoms with van der Waals surface area (Å²) in [4.78, 5) is 6.50. The molecule has 2 aliphatic rings. The van der Waals surface area contributed by atoms with Crippen LogP contribution in [0.5, 0.6) is 0 Å². The molecule has 1 heterocycles. The molecule has 0 unspecified atom stereocenters. The SMILES string of the molecule is CCOC1CC(NCCOC)(c2nc3c(s2)CCCC3)C1. The topological polar surface area (TPSA) is 43.4 Å². The maximum absolute atomic E-state index is 5.77. The van der Waals surface area contributed by atoms with Gasteiger partial charge >= 0.3 is 0 Å². The first kappa shape index (κ1) is 15.4. The van der Waals surface area contributed by atoms with Crippen molar-refractivity contribution in [2.45, 2.75) is 57.1 Å². The molecule has 1 aromatic rings. The predicted octanol–water partition coefficient (Wildman–Crippen LogP) is 2.65. The van der Waals surface area contributed by atoms with Crippen LogP contribution in [0.25, 0.3) is 0 Å². The summed E-state index contributed by atoms with van der Waals surface area (Å²) in [5.74, 6) is 0. The molecule has 1 aromatic heterocycles. The molecule has 0 aliphatic heterocycles. The standard InChI is InChI=1S/C16H26N2O2S/c1-3-20-12-10-16(11-12,17-8-9-19-2)15-18-13-6-4-5-7-14(13)21-15/h12,17H,3-11H2,1-2H3. The van der Waals surface area contributed by atoms with Crippen molar-refractivity contribution >= 4 is 11.3 Å². The quantitative estimate of drug-likeness (QED) is 0.786. The van der Waals surface area contributed by atoms with Gasteiger partial charge in [-0.2, -0.15) is 0 Å². The first-order valence-electron chi connectivity index (χ1n) is 8.12. The molecular weight excluding hydrogens is 284 g/mol. The zero-order valence-corrected chi connectivity index (χ0v) is 13.9. The van der Waals surface area contributed by atoms with Gasteiger partial charge in [-0.25, -0.2) is 4.98 Å². The van der Waals surface area contributed by atoms with Gasteiger partial charge in [0.15, 0.2) is 0 Å². The second kappa shape index (κ2) is 6.73. The average Bonchev–Trinajstić information content (AvgIpc) is 2.88. The highest BCUT2D eigenvalue weighted by Crippen LogP contribution is 2.45. The van der Waals surface area contributed by atoms with Crippen molar-refractivity contribution in [1.82, 2.24) is 10.3 Å². The van der Waals surface area contributed by atoms with Crippen LogP contribution in [0.4, 0.5) is 0 Å². The molecule has 21 heavy (non-hydrogen) atoms. The molecule has 0 aromatic carbocycles. The molecular formula is C16H26N2O2S. The molecule has 4 nitrogen and oxygen atoms in total. The number of hydrogen-bond acceptors (Lipinski definition) is 5. The van der Waals surface area contributed by atoms with E-state index in [9.17, 15) is 0 Å². The number of methoxy groups -OCH3 is 1. The first-order valence-corrected chi connectivity index (χ1v) is 8.93. The number of thiazole rings is 1. The first-order chi connectivity index (χ1) is 10.3. The molecule has 1 fully saturated rings. The van der Waals surface area contributed by atoms with Crippen molar-refractivity contribution in [3.05, 3.63) is 15.6 Å². The number of nitrogens with one attached hydrogen (secondary N) is 1. The molecule has 5 heteroatoms. The third-order valence-electron chi connectivity index (χ3n) is 4.58. The Labute approximate surface area is 131 Å². The summed E-state index contributed by atoms with van der Waals surface area (Å²) in [6, 6.07) is 0. The minimum Gasteiger partial charge on any atom is -0.383 e. The third kappa shape index (κ3) is 3.16. The Kier molecular flexibility index (Phi) is 4.94. The van der Waals surface area contributed by atoms with Gasteiger partial charge in [0.05, 0.1) is 23.9 Å². The third-order valence-corrected chi connectivity index (χ3v) is 5.94. The highest BCUT2D eigenvalue weighted by atomic mass is 32.1. The summed E-state index contributed by atoms with van der Waals surface area (Å²) in [6.45, 7) is 4.49. The molecule has 118 valence electrons. The zero-order valence-electron chi connectivity index (χ0n) is 13.1. The van der Waals surface area contributed by atoms with Gasteiger partial charge in [-0.3, -0.25) is 0 Å². The van der Waals surface area contributed by atoms with Gasteiger partial charge in [-0.15, -0.1) is 11.3 Å². The van der Waals surface area contributed by atoms with Gasteiger partial charge in [0, 0.05) is 25.1 Å². The van der Waals surface area contributed by atoms with E-state index < -0.39 is 0 Å². The minimum atomic E-state index is 0.0281. The van der Waals surface area contributed by atoms with Gasteiger partial charge < -0.3 is 14.8 Å². The van der Waals surface area contributed by atoms with Crippen LogP contribution >= 0.6 is 11.3 Å². The van der Waals surface area contributed by atoms with Crippen LogP contribution in [0.3, 0.4) is 0 Å². The number of aromatic nitrogens is 1. The minimum absolute atomic E-state index is 0.0281. The fourth-order valence-electron chi connectivity index (χ4n) is 3.41. The van der Waals surface area contributed by atoms with Crippen molar-refractivity contribution in [1.29, 1.82) is 0 Å². The van der Waals surface area contributed by atoms with Crippen LogP contribution in [-0.2, 0) is 27.9 Å². The zero-order chi connectivity index (χ0) is 14.7. The van der Waals surface area contributed by atoms with Gasteiger partial charge in [-0.1, -0.05) is 0 Å². The molecule has 3 rings (SSSR count). The van der Waals surface area contributed by atoms with E-state index in [4.69, 9.17) is 14.5 Å². The van der Waals surface area contributed by atoms with Crippen LogP contribution in [0, 0.1) is 0 Å². The summed E-state index contributed by atoms with van der Waals surface area (Å²) in [5.41, 5.74) is 1.38. The fraction of sp³-hybridized carbons (Fsp3) is 0.812. The lowest BCUT2D eigenvalue weighted by molar-refractivity contribution is -0.0550. The predicted molar refractivity (Wildman–Crippen MR) is 85.0 cm³/mol. The van der Waals surface area contributed by atoms with Crippen LogP contribution < -0.4 is 5.32 Å². The number of hydrogen-bond donors (Lipinski definition) is 1. The average molecular weight is 310 g/mol. The molecule has 1 N–H and O–H groups in total. The van der Waals surface area contributed by atoms with E-state index in [0.717, 1.165) is 39.0 Å². The number of fused-ring (bicyclic) bond motifs is 1. The van der Waals surface area contributed by atoms with Crippen LogP contribution in [0.1, 0.15) is 48.2 Å². The van der Waals surface area contributed by atoms with Gasteiger partial charge in [0.25, 0.3) is 0 Å². The lowest BCUT2D eigenvalue weighted by Crippen LogP contribution is -2.56. The number of rotatable bonds is 7. The Balaban J connectivity index is 1.74. The van der Waals surface area contributed by atoms with Crippen molar-refractivity contribution in [3.63, 3.8) is 0 Å². The molecule has 0 atom stereocenters. The van der Waals surface area contributed by atoms with E-state index in [2.05, 4.69) is 12.2 Å². The van der Waals surface area contributed by atoms with Gasteiger partial charge in [0.2, 0.25) is 0 Å². The number of aryl methyl sites for hydroxylation is 2. The maximum atomic E-state index is 5.77. The lowest BCUT2D eigenvalue weighted by atomic mass is 9.74.